The fourth-order valence-electron chi connectivity index (χ4n) is 4.32. The summed E-state index contributed by atoms with van der Waals surface area (Å²) in [7, 11) is 1.71. The first-order chi connectivity index (χ1) is 14.0. The van der Waals surface area contributed by atoms with Crippen molar-refractivity contribution in [2.45, 2.75) is 51.6 Å². The summed E-state index contributed by atoms with van der Waals surface area (Å²) < 4.78 is 0. The Labute approximate surface area is 178 Å². The van der Waals surface area contributed by atoms with Crippen molar-refractivity contribution >= 4 is 23.4 Å². The molecule has 3 aliphatic rings. The number of nitrogens with one attached hydrogen (secondary N) is 2. The molecule has 1 fully saturated rings. The SMILES string of the molecule is C/C=C1\C(=C/CCl)C(=O)NC(C2=CC=C(C3=CCCN[C@H]3C)CCC2)C(=O)N1C. The lowest BCUT2D eigenvalue weighted by molar-refractivity contribution is -0.130. The lowest BCUT2D eigenvalue weighted by Gasteiger charge is -2.24. The fourth-order valence-corrected chi connectivity index (χ4v) is 4.47. The van der Waals surface area contributed by atoms with Gasteiger partial charge >= 0.3 is 0 Å². The van der Waals surface area contributed by atoms with Gasteiger partial charge in [-0.1, -0.05) is 30.4 Å². The van der Waals surface area contributed by atoms with Crippen molar-refractivity contribution in [3.63, 3.8) is 0 Å². The first-order valence-corrected chi connectivity index (χ1v) is 10.9. The Morgan fingerprint density at radius 2 is 2.07 bits per heavy atom. The molecule has 1 aliphatic carbocycles. The van der Waals surface area contributed by atoms with Crippen molar-refractivity contribution in [2.24, 2.45) is 0 Å². The molecular weight excluding hydrogens is 386 g/mol. The summed E-state index contributed by atoms with van der Waals surface area (Å²) >= 11 is 5.85. The third-order valence-corrected chi connectivity index (χ3v) is 6.02. The van der Waals surface area contributed by atoms with Crippen LogP contribution in [0.1, 0.15) is 39.5 Å². The third-order valence-electron chi connectivity index (χ3n) is 5.87. The van der Waals surface area contributed by atoms with E-state index in [0.29, 0.717) is 17.3 Å². The summed E-state index contributed by atoms with van der Waals surface area (Å²) in [6.45, 7) is 5.02. The molecule has 3 rings (SSSR count). The largest absolute Gasteiger partial charge is 0.337 e. The van der Waals surface area contributed by atoms with Crippen LogP contribution in [-0.4, -0.2) is 48.3 Å². The molecule has 0 aromatic rings. The lowest BCUT2D eigenvalue weighted by atomic mass is 9.92. The number of carbonyl (C=O) groups is 2. The van der Waals surface area contributed by atoms with E-state index in [0.717, 1.165) is 37.8 Å². The van der Waals surface area contributed by atoms with Gasteiger partial charge < -0.3 is 15.5 Å². The topological polar surface area (TPSA) is 61.4 Å². The minimum atomic E-state index is -0.657. The van der Waals surface area contributed by atoms with Crippen LogP contribution < -0.4 is 10.6 Å². The smallest absolute Gasteiger partial charge is 0.254 e. The number of allylic oxidation sites excluding steroid dienone is 4. The zero-order valence-corrected chi connectivity index (χ0v) is 18.2. The molecule has 2 aliphatic heterocycles. The van der Waals surface area contributed by atoms with Gasteiger partial charge in [-0.25, -0.2) is 0 Å². The molecule has 1 saturated heterocycles. The zero-order valence-electron chi connectivity index (χ0n) is 17.4. The predicted molar refractivity (Wildman–Crippen MR) is 117 cm³/mol. The number of amides is 2. The molecule has 0 bridgehead atoms. The van der Waals surface area contributed by atoms with Crippen molar-refractivity contribution in [3.8, 4) is 0 Å². The molecule has 5 nitrogen and oxygen atoms in total. The van der Waals surface area contributed by atoms with Gasteiger partial charge in [0.1, 0.15) is 6.04 Å². The maximum Gasteiger partial charge on any atom is 0.254 e. The molecule has 0 aromatic heterocycles. The summed E-state index contributed by atoms with van der Waals surface area (Å²) in [6.07, 6.45) is 13.7. The van der Waals surface area contributed by atoms with E-state index in [2.05, 4.69) is 29.7 Å². The van der Waals surface area contributed by atoms with E-state index < -0.39 is 6.04 Å². The van der Waals surface area contributed by atoms with Gasteiger partial charge in [-0.15, -0.1) is 11.6 Å². The predicted octanol–water partition coefficient (Wildman–Crippen LogP) is 3.36. The number of carbonyl (C=O) groups excluding carboxylic acids is 2. The molecule has 6 heteroatoms. The maximum atomic E-state index is 13.2. The van der Waals surface area contributed by atoms with E-state index in [4.69, 9.17) is 11.6 Å². The summed E-state index contributed by atoms with van der Waals surface area (Å²) in [5, 5.41) is 6.44. The van der Waals surface area contributed by atoms with Crippen molar-refractivity contribution in [3.05, 3.63) is 58.4 Å². The summed E-state index contributed by atoms with van der Waals surface area (Å²) in [5.74, 6) is -0.175. The number of halogens is 1. The molecule has 2 amide bonds. The average Bonchev–Trinajstić information content (AvgIpc) is 3.01. The third kappa shape index (κ3) is 4.57. The van der Waals surface area contributed by atoms with Crippen molar-refractivity contribution < 1.29 is 9.59 Å². The molecule has 2 heterocycles. The van der Waals surface area contributed by atoms with Crippen LogP contribution in [0.2, 0.25) is 0 Å². The molecule has 29 heavy (non-hydrogen) atoms. The summed E-state index contributed by atoms with van der Waals surface area (Å²) in [4.78, 5) is 27.6. The van der Waals surface area contributed by atoms with Gasteiger partial charge in [0.25, 0.3) is 11.8 Å². The van der Waals surface area contributed by atoms with E-state index in [9.17, 15) is 9.59 Å². The van der Waals surface area contributed by atoms with E-state index in [1.807, 2.05) is 13.0 Å². The Bertz CT molecular complexity index is 835. The highest BCUT2D eigenvalue weighted by atomic mass is 35.5. The molecule has 0 radical (unpaired) electrons. The number of likely N-dealkylation sites (N-methyl/N-ethyl adjacent to an activating group) is 1. The van der Waals surface area contributed by atoms with Crippen molar-refractivity contribution in [2.75, 3.05) is 19.5 Å². The van der Waals surface area contributed by atoms with Gasteiger partial charge in [-0.05, 0) is 62.8 Å². The Morgan fingerprint density at radius 1 is 1.28 bits per heavy atom. The molecule has 1 unspecified atom stereocenters. The average molecular weight is 416 g/mol. The van der Waals surface area contributed by atoms with E-state index in [1.165, 1.54) is 11.1 Å². The number of rotatable bonds is 3. The highest BCUT2D eigenvalue weighted by molar-refractivity contribution is 6.19. The number of hydrogen-bond acceptors (Lipinski definition) is 3. The number of nitrogens with zero attached hydrogens (tertiary/aromatic N) is 1. The summed E-state index contributed by atoms with van der Waals surface area (Å²) in [5.41, 5.74) is 4.65. The Morgan fingerprint density at radius 3 is 2.76 bits per heavy atom. The van der Waals surface area contributed by atoms with Crippen LogP contribution in [-0.2, 0) is 9.59 Å². The van der Waals surface area contributed by atoms with Gasteiger partial charge in [0.15, 0.2) is 0 Å². The molecule has 2 atom stereocenters. The van der Waals surface area contributed by atoms with Crippen molar-refractivity contribution in [1.82, 2.24) is 15.5 Å². The Kier molecular flexibility index (Phi) is 7.14. The molecule has 0 saturated carbocycles. The second-order valence-corrected chi connectivity index (χ2v) is 7.97. The van der Waals surface area contributed by atoms with E-state index in [-0.39, 0.29) is 17.7 Å². The number of alkyl halides is 1. The van der Waals surface area contributed by atoms with Gasteiger partial charge in [0.05, 0.1) is 11.3 Å². The second-order valence-electron chi connectivity index (χ2n) is 7.66. The molecule has 156 valence electrons. The molecule has 2 N–H and O–H groups in total. The van der Waals surface area contributed by atoms with Crippen LogP contribution >= 0.6 is 11.6 Å². The normalized spacial score (nSPS) is 29.1. The van der Waals surface area contributed by atoms with Gasteiger partial charge in [-0.2, -0.15) is 0 Å². The standard InChI is InChI=1S/C23H30ClN3O2/c1-4-20-19(12-13-24)22(28)26-21(23(29)27(20)3)17-8-5-7-16(10-11-17)18-9-6-14-25-15(18)2/h4,9-12,15,21,25H,5-8,13-14H2,1-3H3,(H,26,28)/b19-12+,20-4+/t15-,21?/m0/s1. The lowest BCUT2D eigenvalue weighted by Crippen LogP contribution is -2.44. The van der Waals surface area contributed by atoms with Crippen molar-refractivity contribution in [1.29, 1.82) is 0 Å². The minimum absolute atomic E-state index is 0.126. The first-order valence-electron chi connectivity index (χ1n) is 10.3. The Hall–Kier alpha value is -2.11. The van der Waals surface area contributed by atoms with Gasteiger partial charge in [-0.3, -0.25) is 9.59 Å². The van der Waals surface area contributed by atoms with Gasteiger partial charge in [0.2, 0.25) is 0 Å². The monoisotopic (exact) mass is 415 g/mol. The van der Waals surface area contributed by atoms with Crippen LogP contribution in [0.5, 0.6) is 0 Å². The highest BCUT2D eigenvalue weighted by Gasteiger charge is 2.35. The van der Waals surface area contributed by atoms with Crippen LogP contribution in [0.3, 0.4) is 0 Å². The second kappa shape index (κ2) is 9.59. The minimum Gasteiger partial charge on any atom is -0.337 e. The highest BCUT2D eigenvalue weighted by Crippen LogP contribution is 2.30. The fraction of sp³-hybridized carbons (Fsp3) is 0.478. The summed E-state index contributed by atoms with van der Waals surface area (Å²) in [6, 6.07) is -0.314. The molecule has 0 spiro atoms. The molecular formula is C23H30ClN3O2. The number of hydrogen-bond donors (Lipinski definition) is 2. The van der Waals surface area contributed by atoms with E-state index in [1.54, 1.807) is 24.1 Å². The Balaban J connectivity index is 1.92. The van der Waals surface area contributed by atoms with Crippen LogP contribution in [0.25, 0.3) is 0 Å². The van der Waals surface area contributed by atoms with Crippen LogP contribution in [0.4, 0.5) is 0 Å². The maximum absolute atomic E-state index is 13.2. The first kappa shape index (κ1) is 21.6. The molecule has 0 aromatic carbocycles. The van der Waals surface area contributed by atoms with Crippen LogP contribution in [0, 0.1) is 0 Å². The van der Waals surface area contributed by atoms with Gasteiger partial charge in [0, 0.05) is 19.0 Å². The zero-order chi connectivity index (χ0) is 21.0. The quantitative estimate of drug-likeness (QED) is 0.548. The van der Waals surface area contributed by atoms with Crippen LogP contribution in [0.15, 0.2) is 58.4 Å². The van der Waals surface area contributed by atoms with E-state index >= 15 is 0 Å².